The fraction of sp³-hybridized carbons (Fsp3) is 0.375. The van der Waals surface area contributed by atoms with Crippen LogP contribution < -0.4 is 5.32 Å². The van der Waals surface area contributed by atoms with E-state index in [0.717, 1.165) is 29.6 Å². The molecule has 0 bridgehead atoms. The highest BCUT2D eigenvalue weighted by atomic mass is 16.3. The largest absolute Gasteiger partial charge is 0.461 e. The highest BCUT2D eigenvalue weighted by Crippen LogP contribution is 2.47. The summed E-state index contributed by atoms with van der Waals surface area (Å²) in [6, 6.07) is 3.92. The first-order chi connectivity index (χ1) is 10.2. The third-order valence-electron chi connectivity index (χ3n) is 3.77. The Bertz CT molecular complexity index is 628. The zero-order chi connectivity index (χ0) is 14.7. The highest BCUT2D eigenvalue weighted by molar-refractivity contribution is 5.91. The second-order valence-corrected chi connectivity index (χ2v) is 5.51. The molecule has 3 rings (SSSR count). The fourth-order valence-corrected chi connectivity index (χ4v) is 2.33. The molecule has 2 aromatic rings. The Morgan fingerprint density at radius 3 is 3.14 bits per heavy atom. The van der Waals surface area contributed by atoms with Crippen LogP contribution in [0.2, 0.25) is 0 Å². The molecule has 2 heterocycles. The summed E-state index contributed by atoms with van der Waals surface area (Å²) in [5, 5.41) is 2.82. The van der Waals surface area contributed by atoms with E-state index < -0.39 is 0 Å². The van der Waals surface area contributed by atoms with Gasteiger partial charge in [0.05, 0.1) is 6.33 Å². The van der Waals surface area contributed by atoms with Gasteiger partial charge in [-0.1, -0.05) is 6.92 Å². The van der Waals surface area contributed by atoms with Crippen LogP contribution >= 0.6 is 0 Å². The maximum absolute atomic E-state index is 11.7. The van der Waals surface area contributed by atoms with Crippen LogP contribution in [0, 0.1) is 5.92 Å². The van der Waals surface area contributed by atoms with E-state index in [0.29, 0.717) is 12.5 Å². The van der Waals surface area contributed by atoms with Gasteiger partial charge in [-0.05, 0) is 30.5 Å². The van der Waals surface area contributed by atoms with Crippen molar-refractivity contribution in [3.63, 3.8) is 0 Å². The molecular weight excluding hydrogens is 266 g/mol. The van der Waals surface area contributed by atoms with Gasteiger partial charge in [0.25, 0.3) is 0 Å². The molecule has 1 fully saturated rings. The van der Waals surface area contributed by atoms with Gasteiger partial charge in [0, 0.05) is 36.9 Å². The van der Waals surface area contributed by atoms with Gasteiger partial charge in [-0.2, -0.15) is 0 Å². The Labute approximate surface area is 123 Å². The molecule has 0 saturated heterocycles. The predicted octanol–water partition coefficient (Wildman–Crippen LogP) is 2.50. The summed E-state index contributed by atoms with van der Waals surface area (Å²) in [4.78, 5) is 18.6. The zero-order valence-corrected chi connectivity index (χ0v) is 12.0. The number of rotatable bonds is 6. The minimum Gasteiger partial charge on any atom is -0.461 e. The van der Waals surface area contributed by atoms with Crippen LogP contribution in [-0.4, -0.2) is 22.4 Å². The molecule has 1 aliphatic carbocycles. The molecule has 2 N–H and O–H groups in total. The van der Waals surface area contributed by atoms with Gasteiger partial charge in [-0.25, -0.2) is 4.98 Å². The molecule has 1 saturated carbocycles. The minimum atomic E-state index is -0.118. The number of carbonyl (C=O) groups excluding carboxylic acids is 1. The van der Waals surface area contributed by atoms with Crippen molar-refractivity contribution in [3.8, 4) is 0 Å². The van der Waals surface area contributed by atoms with Gasteiger partial charge >= 0.3 is 0 Å². The Morgan fingerprint density at radius 2 is 2.43 bits per heavy atom. The van der Waals surface area contributed by atoms with Gasteiger partial charge in [-0.3, -0.25) is 4.79 Å². The lowest BCUT2D eigenvalue weighted by Gasteiger charge is -1.99. The average molecular weight is 285 g/mol. The van der Waals surface area contributed by atoms with Crippen LogP contribution in [0.3, 0.4) is 0 Å². The standard InChI is InChI=1S/C16H19N3O2/c1-11-8-14(11)15-4-2-13(21-15)3-5-16(20)18-7-6-12-9-17-10-19-12/h2-5,9-11,14H,6-8H2,1H3,(H,17,19)(H,18,20). The number of imidazole rings is 1. The van der Waals surface area contributed by atoms with Crippen LogP contribution in [0.1, 0.15) is 36.5 Å². The summed E-state index contributed by atoms with van der Waals surface area (Å²) in [7, 11) is 0. The summed E-state index contributed by atoms with van der Waals surface area (Å²) in [5.74, 6) is 2.93. The number of furan rings is 1. The van der Waals surface area contributed by atoms with Crippen molar-refractivity contribution in [1.29, 1.82) is 0 Å². The third kappa shape index (κ3) is 3.62. The first-order valence-corrected chi connectivity index (χ1v) is 7.25. The molecule has 0 aliphatic heterocycles. The molecule has 110 valence electrons. The lowest BCUT2D eigenvalue weighted by Crippen LogP contribution is -2.23. The molecule has 5 nitrogen and oxygen atoms in total. The smallest absolute Gasteiger partial charge is 0.244 e. The van der Waals surface area contributed by atoms with Gasteiger partial charge in [0.1, 0.15) is 11.5 Å². The number of carbonyl (C=O) groups is 1. The summed E-state index contributed by atoms with van der Waals surface area (Å²) in [6.45, 7) is 2.80. The molecule has 1 aliphatic rings. The van der Waals surface area contributed by atoms with E-state index in [-0.39, 0.29) is 5.91 Å². The number of aromatic nitrogens is 2. The van der Waals surface area contributed by atoms with Crippen molar-refractivity contribution in [2.45, 2.75) is 25.7 Å². The van der Waals surface area contributed by atoms with Crippen LogP contribution in [0.25, 0.3) is 6.08 Å². The molecule has 21 heavy (non-hydrogen) atoms. The molecule has 2 unspecified atom stereocenters. The molecule has 2 aromatic heterocycles. The molecule has 1 amide bonds. The maximum atomic E-state index is 11.7. The Hall–Kier alpha value is -2.30. The van der Waals surface area contributed by atoms with Crippen molar-refractivity contribution < 1.29 is 9.21 Å². The molecule has 5 heteroatoms. The van der Waals surface area contributed by atoms with Gasteiger partial charge in [-0.15, -0.1) is 0 Å². The SMILES string of the molecule is CC1CC1c1ccc(C=CC(=O)NCCc2cnc[nH]2)o1. The van der Waals surface area contributed by atoms with E-state index in [4.69, 9.17) is 4.42 Å². The second kappa shape index (κ2) is 5.99. The zero-order valence-electron chi connectivity index (χ0n) is 12.0. The number of aromatic amines is 1. The van der Waals surface area contributed by atoms with Crippen LogP contribution in [0.4, 0.5) is 0 Å². The second-order valence-electron chi connectivity index (χ2n) is 5.51. The fourth-order valence-electron chi connectivity index (χ4n) is 2.33. The monoisotopic (exact) mass is 285 g/mol. The Balaban J connectivity index is 1.44. The summed E-state index contributed by atoms with van der Waals surface area (Å²) < 4.78 is 5.71. The quantitative estimate of drug-likeness (QED) is 0.801. The molecule has 0 radical (unpaired) electrons. The van der Waals surface area contributed by atoms with Gasteiger partial charge in [0.15, 0.2) is 0 Å². The van der Waals surface area contributed by atoms with Gasteiger partial charge in [0.2, 0.25) is 5.91 Å². The van der Waals surface area contributed by atoms with E-state index in [1.165, 1.54) is 12.5 Å². The lowest BCUT2D eigenvalue weighted by molar-refractivity contribution is -0.116. The van der Waals surface area contributed by atoms with Crippen molar-refractivity contribution >= 4 is 12.0 Å². The third-order valence-corrected chi connectivity index (χ3v) is 3.77. The number of hydrogen-bond acceptors (Lipinski definition) is 3. The number of nitrogens with one attached hydrogen (secondary N) is 2. The molecular formula is C16H19N3O2. The summed E-state index contributed by atoms with van der Waals surface area (Å²) >= 11 is 0. The Morgan fingerprint density at radius 1 is 1.57 bits per heavy atom. The number of hydrogen-bond donors (Lipinski definition) is 2. The predicted molar refractivity (Wildman–Crippen MR) is 79.6 cm³/mol. The summed E-state index contributed by atoms with van der Waals surface area (Å²) in [6.07, 6.45) is 8.54. The van der Waals surface area contributed by atoms with Crippen LogP contribution in [0.15, 0.2) is 35.2 Å². The van der Waals surface area contributed by atoms with Gasteiger partial charge < -0.3 is 14.7 Å². The highest BCUT2D eigenvalue weighted by Gasteiger charge is 2.36. The lowest BCUT2D eigenvalue weighted by atomic mass is 10.3. The summed E-state index contributed by atoms with van der Waals surface area (Å²) in [5.41, 5.74) is 1.01. The topological polar surface area (TPSA) is 70.9 Å². The van der Waals surface area contributed by atoms with E-state index in [1.54, 1.807) is 18.6 Å². The van der Waals surface area contributed by atoms with Crippen molar-refractivity contribution in [1.82, 2.24) is 15.3 Å². The van der Waals surface area contributed by atoms with Crippen molar-refractivity contribution in [2.75, 3.05) is 6.54 Å². The first-order valence-electron chi connectivity index (χ1n) is 7.25. The van der Waals surface area contributed by atoms with E-state index in [1.807, 2.05) is 12.1 Å². The van der Waals surface area contributed by atoms with E-state index in [2.05, 4.69) is 22.2 Å². The van der Waals surface area contributed by atoms with Crippen LogP contribution in [0.5, 0.6) is 0 Å². The van der Waals surface area contributed by atoms with E-state index >= 15 is 0 Å². The number of nitrogens with zero attached hydrogens (tertiary/aromatic N) is 1. The normalized spacial score (nSPS) is 20.8. The molecule has 0 spiro atoms. The Kier molecular flexibility index (Phi) is 3.90. The van der Waals surface area contributed by atoms with E-state index in [9.17, 15) is 4.79 Å². The first kappa shape index (κ1) is 13.7. The molecule has 2 atom stereocenters. The average Bonchev–Trinajstić information content (AvgIpc) is 2.90. The number of H-pyrrole nitrogens is 1. The van der Waals surface area contributed by atoms with Crippen molar-refractivity contribution in [2.24, 2.45) is 5.92 Å². The van der Waals surface area contributed by atoms with Crippen molar-refractivity contribution in [3.05, 3.63) is 47.9 Å². The minimum absolute atomic E-state index is 0.118. The number of amides is 1. The van der Waals surface area contributed by atoms with Crippen LogP contribution in [-0.2, 0) is 11.2 Å². The molecule has 0 aromatic carbocycles. The maximum Gasteiger partial charge on any atom is 0.244 e.